The zero-order valence-electron chi connectivity index (χ0n) is 20.3. The third-order valence-corrected chi connectivity index (χ3v) is 6.55. The molecule has 1 amide bonds. The summed E-state index contributed by atoms with van der Waals surface area (Å²) < 4.78 is 14.7. The summed E-state index contributed by atoms with van der Waals surface area (Å²) in [5.74, 6) is -3.66. The lowest BCUT2D eigenvalue weighted by Crippen LogP contribution is -2.53. The molecule has 0 saturated carbocycles. The third kappa shape index (κ3) is 5.18. The highest BCUT2D eigenvalue weighted by molar-refractivity contribution is 5.99. The van der Waals surface area contributed by atoms with Crippen LogP contribution in [0.3, 0.4) is 0 Å². The predicted octanol–water partition coefficient (Wildman–Crippen LogP) is 2.20. The zero-order chi connectivity index (χ0) is 25.8. The Hall–Kier alpha value is -3.92. The first-order valence-electron chi connectivity index (χ1n) is 11.6. The summed E-state index contributed by atoms with van der Waals surface area (Å²) >= 11 is 0. The Morgan fingerprint density at radius 2 is 1.39 bits per heavy atom. The summed E-state index contributed by atoms with van der Waals surface area (Å²) in [4.78, 5) is 59.8. The van der Waals surface area contributed by atoms with E-state index in [1.54, 1.807) is 50.2 Å². The number of carbonyl (C=O) groups excluding carboxylic acids is 3. The molecule has 186 valence electrons. The molecule has 36 heavy (non-hydrogen) atoms. The second-order valence-corrected chi connectivity index (χ2v) is 9.05. The van der Waals surface area contributed by atoms with Crippen molar-refractivity contribution in [2.75, 3.05) is 33.7 Å². The van der Waals surface area contributed by atoms with Gasteiger partial charge >= 0.3 is 0 Å². The Bertz CT molecular complexity index is 1190. The number of benzene rings is 1. The van der Waals surface area contributed by atoms with Crippen LogP contribution in [-0.4, -0.2) is 80.9 Å². The van der Waals surface area contributed by atoms with Crippen LogP contribution in [-0.2, 0) is 4.79 Å². The quantitative estimate of drug-likeness (QED) is 0.464. The smallest absolute Gasteiger partial charge is 0.236 e. The zero-order valence-corrected chi connectivity index (χ0v) is 20.3. The van der Waals surface area contributed by atoms with Gasteiger partial charge < -0.3 is 4.90 Å². The fourth-order valence-corrected chi connectivity index (χ4v) is 4.70. The van der Waals surface area contributed by atoms with Crippen LogP contribution in [0.1, 0.15) is 38.3 Å². The van der Waals surface area contributed by atoms with E-state index < -0.39 is 23.6 Å². The molecule has 0 aliphatic carbocycles. The summed E-state index contributed by atoms with van der Waals surface area (Å²) in [6, 6.07) is 7.86. The molecule has 1 aliphatic heterocycles. The Labute approximate surface area is 208 Å². The number of ketones is 2. The maximum atomic E-state index is 14.7. The van der Waals surface area contributed by atoms with Crippen molar-refractivity contribution >= 4 is 17.5 Å². The van der Waals surface area contributed by atoms with E-state index in [-0.39, 0.29) is 48.8 Å². The van der Waals surface area contributed by atoms with E-state index in [1.807, 2.05) is 0 Å². The molecule has 0 N–H and O–H groups in total. The maximum absolute atomic E-state index is 14.7. The number of likely N-dealkylation sites (N-methyl/N-ethyl adjacent to an activating group) is 1. The van der Waals surface area contributed by atoms with E-state index in [2.05, 4.69) is 19.9 Å². The normalized spacial score (nSPS) is 20.1. The maximum Gasteiger partial charge on any atom is 0.236 e. The lowest BCUT2D eigenvalue weighted by molar-refractivity contribution is -0.130. The van der Waals surface area contributed by atoms with Crippen molar-refractivity contribution in [3.63, 3.8) is 0 Å². The van der Waals surface area contributed by atoms with Crippen LogP contribution in [0.5, 0.6) is 0 Å². The minimum Gasteiger partial charge on any atom is -0.348 e. The van der Waals surface area contributed by atoms with E-state index in [9.17, 15) is 18.8 Å². The number of rotatable bonds is 7. The Morgan fingerprint density at radius 3 is 1.86 bits per heavy atom. The fourth-order valence-electron chi connectivity index (χ4n) is 4.70. The lowest BCUT2D eigenvalue weighted by Gasteiger charge is -2.43. The molecule has 1 unspecified atom stereocenters. The molecular formula is C26H27FN6O3. The number of hydrogen-bond donors (Lipinski definition) is 0. The van der Waals surface area contributed by atoms with Crippen molar-refractivity contribution in [3.05, 3.63) is 83.7 Å². The van der Waals surface area contributed by atoms with Gasteiger partial charge in [0.05, 0.1) is 6.54 Å². The molecule has 2 aromatic heterocycles. The van der Waals surface area contributed by atoms with Gasteiger partial charge in [-0.2, -0.15) is 0 Å². The van der Waals surface area contributed by atoms with Gasteiger partial charge in [-0.3, -0.25) is 19.3 Å². The molecule has 3 aromatic rings. The molecule has 4 rings (SSSR count). The van der Waals surface area contributed by atoms with Crippen LogP contribution in [0.2, 0.25) is 0 Å². The topological polar surface area (TPSA) is 109 Å². The number of likely N-dealkylation sites (tertiary alicyclic amines) is 1. The van der Waals surface area contributed by atoms with Gasteiger partial charge in [-0.15, -0.1) is 0 Å². The monoisotopic (exact) mass is 490 g/mol. The van der Waals surface area contributed by atoms with Crippen LogP contribution in [0.4, 0.5) is 4.39 Å². The molecule has 1 fully saturated rings. The molecule has 9 nitrogen and oxygen atoms in total. The van der Waals surface area contributed by atoms with Gasteiger partial charge in [-0.05, 0) is 36.2 Å². The van der Waals surface area contributed by atoms with Gasteiger partial charge in [0.1, 0.15) is 5.82 Å². The molecule has 0 bridgehead atoms. The van der Waals surface area contributed by atoms with Gasteiger partial charge in [0, 0.05) is 69.7 Å². The number of nitrogens with zero attached hydrogens (tertiary/aromatic N) is 6. The predicted molar refractivity (Wildman–Crippen MR) is 129 cm³/mol. The summed E-state index contributed by atoms with van der Waals surface area (Å²) in [5, 5.41) is 0. The SMILES string of the molecule is Cc1c(F)cccc1C1[C@@H](C(=O)c2ncccn2)CN(CC(=O)N(C)C)C[C@H]1C(=O)c1ncccn1. The van der Waals surface area contributed by atoms with Gasteiger partial charge in [0.15, 0.2) is 11.6 Å². The van der Waals surface area contributed by atoms with Gasteiger partial charge in [0.2, 0.25) is 17.5 Å². The number of carbonyl (C=O) groups is 3. The standard InChI is InChI=1S/C26H27FN6O3/c1-16-17(7-4-8-20(16)27)22-18(23(35)25-28-9-5-10-29-25)13-33(15-21(34)32(2)3)14-19(22)24(36)26-30-11-6-12-31-26/h4-12,18-19,22H,13-15H2,1-3H3/t18-,19+,22?. The number of halogens is 1. The Kier molecular flexibility index (Phi) is 7.54. The average molecular weight is 491 g/mol. The van der Waals surface area contributed by atoms with Crippen molar-refractivity contribution in [2.45, 2.75) is 12.8 Å². The molecule has 1 aliphatic rings. The first kappa shape index (κ1) is 25.2. The second kappa shape index (κ2) is 10.8. The van der Waals surface area contributed by atoms with Gasteiger partial charge in [-0.25, -0.2) is 24.3 Å². The van der Waals surface area contributed by atoms with Crippen LogP contribution >= 0.6 is 0 Å². The van der Waals surface area contributed by atoms with Gasteiger partial charge in [-0.1, -0.05) is 12.1 Å². The highest BCUT2D eigenvalue weighted by atomic mass is 19.1. The number of aromatic nitrogens is 4. The van der Waals surface area contributed by atoms with Crippen LogP contribution in [0, 0.1) is 24.6 Å². The van der Waals surface area contributed by atoms with E-state index >= 15 is 0 Å². The molecule has 1 saturated heterocycles. The Morgan fingerprint density at radius 1 is 0.889 bits per heavy atom. The number of hydrogen-bond acceptors (Lipinski definition) is 8. The van der Waals surface area contributed by atoms with E-state index in [1.165, 1.54) is 35.8 Å². The van der Waals surface area contributed by atoms with Crippen molar-refractivity contribution < 1.29 is 18.8 Å². The molecule has 3 atom stereocenters. The van der Waals surface area contributed by atoms with Crippen molar-refractivity contribution in [1.82, 2.24) is 29.7 Å². The summed E-state index contributed by atoms with van der Waals surface area (Å²) in [6.45, 7) is 2.00. The first-order chi connectivity index (χ1) is 17.3. The fraction of sp³-hybridized carbons (Fsp3) is 0.346. The molecule has 0 spiro atoms. The van der Waals surface area contributed by atoms with Crippen LogP contribution in [0.15, 0.2) is 55.1 Å². The minimum absolute atomic E-state index is 0.00417. The van der Waals surface area contributed by atoms with Gasteiger partial charge in [0.25, 0.3) is 0 Å². The number of amides is 1. The van der Waals surface area contributed by atoms with Crippen LogP contribution in [0.25, 0.3) is 0 Å². The average Bonchev–Trinajstić information content (AvgIpc) is 2.90. The van der Waals surface area contributed by atoms with Crippen LogP contribution < -0.4 is 0 Å². The Balaban J connectivity index is 1.85. The molecule has 0 radical (unpaired) electrons. The lowest BCUT2D eigenvalue weighted by atomic mass is 9.69. The molecule has 1 aromatic carbocycles. The third-order valence-electron chi connectivity index (χ3n) is 6.55. The highest BCUT2D eigenvalue weighted by Gasteiger charge is 2.47. The second-order valence-electron chi connectivity index (χ2n) is 9.05. The number of Topliss-reactive ketones (excluding diaryl/α,β-unsaturated/α-hetero) is 2. The van der Waals surface area contributed by atoms with Crippen molar-refractivity contribution in [1.29, 1.82) is 0 Å². The number of piperidine rings is 1. The highest BCUT2D eigenvalue weighted by Crippen LogP contribution is 2.41. The molecular weight excluding hydrogens is 463 g/mol. The molecule has 10 heteroatoms. The first-order valence-corrected chi connectivity index (χ1v) is 11.6. The van der Waals surface area contributed by atoms with E-state index in [0.717, 1.165) is 0 Å². The largest absolute Gasteiger partial charge is 0.348 e. The minimum atomic E-state index is -0.811. The van der Waals surface area contributed by atoms with E-state index in [0.29, 0.717) is 11.1 Å². The van der Waals surface area contributed by atoms with Crippen molar-refractivity contribution in [2.24, 2.45) is 11.8 Å². The van der Waals surface area contributed by atoms with E-state index in [4.69, 9.17) is 0 Å². The summed E-state index contributed by atoms with van der Waals surface area (Å²) in [6.07, 6.45) is 5.89. The summed E-state index contributed by atoms with van der Waals surface area (Å²) in [5.41, 5.74) is 0.913. The summed E-state index contributed by atoms with van der Waals surface area (Å²) in [7, 11) is 3.29. The van der Waals surface area contributed by atoms with Crippen molar-refractivity contribution in [3.8, 4) is 0 Å². The molecule has 3 heterocycles.